The molecule has 3 rings (SSSR count). The van der Waals surface area contributed by atoms with Gasteiger partial charge in [0.15, 0.2) is 5.76 Å². The molecule has 0 aliphatic carbocycles. The number of aromatic nitrogens is 2. The van der Waals surface area contributed by atoms with Crippen molar-refractivity contribution < 1.29 is 9.32 Å². The molecule has 1 fully saturated rings. The third-order valence-electron chi connectivity index (χ3n) is 4.47. The molecule has 3 heterocycles. The summed E-state index contributed by atoms with van der Waals surface area (Å²) in [6.07, 6.45) is 1.70. The van der Waals surface area contributed by atoms with Gasteiger partial charge < -0.3 is 19.6 Å². The second-order valence-electron chi connectivity index (χ2n) is 6.81. The zero-order chi connectivity index (χ0) is 18.0. The van der Waals surface area contributed by atoms with Crippen molar-refractivity contribution in [1.82, 2.24) is 15.0 Å². The van der Waals surface area contributed by atoms with Crippen LogP contribution in [0.4, 0.5) is 11.5 Å². The maximum Gasteiger partial charge on any atom is 0.261 e. The Balaban J connectivity index is 1.69. The molecular formula is C18H25N5O2. The molecule has 1 N–H and O–H groups in total. The molecule has 0 unspecified atom stereocenters. The minimum absolute atomic E-state index is 0.0969. The zero-order valence-electron chi connectivity index (χ0n) is 15.2. The average molecular weight is 343 g/mol. The third kappa shape index (κ3) is 3.82. The number of rotatable bonds is 4. The normalized spacial score (nSPS) is 15.6. The summed E-state index contributed by atoms with van der Waals surface area (Å²) in [4.78, 5) is 21.6. The fraction of sp³-hybridized carbons (Fsp3) is 0.500. The van der Waals surface area contributed by atoms with Gasteiger partial charge in [-0.1, -0.05) is 19.0 Å². The Hall–Kier alpha value is -2.41. The van der Waals surface area contributed by atoms with Crippen LogP contribution in [0.1, 0.15) is 41.6 Å². The Kier molecular flexibility index (Phi) is 5.03. The van der Waals surface area contributed by atoms with Crippen LogP contribution in [-0.4, -0.2) is 54.2 Å². The van der Waals surface area contributed by atoms with Gasteiger partial charge in [-0.3, -0.25) is 4.79 Å². The van der Waals surface area contributed by atoms with Crippen molar-refractivity contribution in [3.05, 3.63) is 35.3 Å². The largest absolute Gasteiger partial charge is 0.360 e. The number of amides is 1. The molecule has 2 aromatic heterocycles. The van der Waals surface area contributed by atoms with Crippen LogP contribution in [0.5, 0.6) is 0 Å². The fourth-order valence-corrected chi connectivity index (χ4v) is 2.93. The van der Waals surface area contributed by atoms with E-state index in [1.165, 1.54) is 0 Å². The molecule has 0 saturated carbocycles. The predicted octanol–water partition coefficient (Wildman–Crippen LogP) is 2.51. The Bertz CT molecular complexity index is 730. The summed E-state index contributed by atoms with van der Waals surface area (Å²) in [6, 6.07) is 3.83. The van der Waals surface area contributed by atoms with E-state index < -0.39 is 0 Å². The molecule has 7 heteroatoms. The number of carbonyl (C=O) groups excluding carboxylic acids is 1. The first-order valence-corrected chi connectivity index (χ1v) is 8.62. The number of anilines is 2. The van der Waals surface area contributed by atoms with E-state index in [0.29, 0.717) is 22.7 Å². The summed E-state index contributed by atoms with van der Waals surface area (Å²) in [7, 11) is 2.13. The van der Waals surface area contributed by atoms with Crippen molar-refractivity contribution in [3.8, 4) is 0 Å². The summed E-state index contributed by atoms with van der Waals surface area (Å²) in [6.45, 7) is 9.72. The molecule has 134 valence electrons. The number of aryl methyl sites for hydroxylation is 1. The average Bonchev–Trinajstić information content (AvgIpc) is 2.98. The summed E-state index contributed by atoms with van der Waals surface area (Å²) < 4.78 is 5.29. The van der Waals surface area contributed by atoms with Crippen LogP contribution in [0, 0.1) is 6.92 Å². The lowest BCUT2D eigenvalue weighted by Crippen LogP contribution is -2.44. The lowest BCUT2D eigenvalue weighted by Gasteiger charge is -2.33. The van der Waals surface area contributed by atoms with Crippen molar-refractivity contribution in [2.45, 2.75) is 26.7 Å². The number of hydrogen-bond donors (Lipinski definition) is 1. The lowest BCUT2D eigenvalue weighted by atomic mass is 10.0. The van der Waals surface area contributed by atoms with Crippen LogP contribution in [-0.2, 0) is 0 Å². The van der Waals surface area contributed by atoms with E-state index in [1.54, 1.807) is 13.1 Å². The molecule has 25 heavy (non-hydrogen) atoms. The van der Waals surface area contributed by atoms with Gasteiger partial charge in [0.2, 0.25) is 0 Å². The zero-order valence-corrected chi connectivity index (χ0v) is 15.2. The number of pyridine rings is 1. The molecule has 2 aromatic rings. The van der Waals surface area contributed by atoms with Gasteiger partial charge in [0.1, 0.15) is 11.4 Å². The highest BCUT2D eigenvalue weighted by Crippen LogP contribution is 2.23. The van der Waals surface area contributed by atoms with E-state index in [2.05, 4.69) is 32.3 Å². The quantitative estimate of drug-likeness (QED) is 0.919. The molecule has 1 aliphatic rings. The van der Waals surface area contributed by atoms with Gasteiger partial charge in [0.05, 0.1) is 17.6 Å². The monoisotopic (exact) mass is 343 g/mol. The van der Waals surface area contributed by atoms with Crippen LogP contribution in [0.25, 0.3) is 0 Å². The van der Waals surface area contributed by atoms with Gasteiger partial charge in [0.25, 0.3) is 5.91 Å². The Morgan fingerprint density at radius 1 is 1.24 bits per heavy atom. The lowest BCUT2D eigenvalue weighted by molar-refractivity contribution is 0.102. The summed E-state index contributed by atoms with van der Waals surface area (Å²) in [5.74, 6) is 1.43. The Labute approximate surface area is 148 Å². The van der Waals surface area contributed by atoms with E-state index in [9.17, 15) is 4.79 Å². The number of nitrogens with one attached hydrogen (secondary N) is 1. The SMILES string of the molecule is Cc1noc(C(C)C)c1C(=O)Nc1ccc(N2CCN(C)CC2)nc1. The van der Waals surface area contributed by atoms with Crippen molar-refractivity contribution in [3.63, 3.8) is 0 Å². The third-order valence-corrected chi connectivity index (χ3v) is 4.47. The molecule has 1 saturated heterocycles. The second-order valence-corrected chi connectivity index (χ2v) is 6.81. The van der Waals surface area contributed by atoms with Gasteiger partial charge in [0, 0.05) is 32.1 Å². The highest BCUT2D eigenvalue weighted by Gasteiger charge is 2.23. The molecule has 0 radical (unpaired) electrons. The van der Waals surface area contributed by atoms with Gasteiger partial charge in [-0.15, -0.1) is 0 Å². The van der Waals surface area contributed by atoms with Crippen LogP contribution in [0.15, 0.2) is 22.9 Å². The van der Waals surface area contributed by atoms with Gasteiger partial charge in [-0.2, -0.15) is 0 Å². The molecule has 7 nitrogen and oxygen atoms in total. The number of carbonyl (C=O) groups is 1. The maximum absolute atomic E-state index is 12.6. The van der Waals surface area contributed by atoms with Crippen molar-refractivity contribution >= 4 is 17.4 Å². The summed E-state index contributed by atoms with van der Waals surface area (Å²) in [5.41, 5.74) is 1.78. The second kappa shape index (κ2) is 7.23. The molecular weight excluding hydrogens is 318 g/mol. The van der Waals surface area contributed by atoms with Crippen molar-refractivity contribution in [2.24, 2.45) is 0 Å². The van der Waals surface area contributed by atoms with E-state index >= 15 is 0 Å². The van der Waals surface area contributed by atoms with E-state index in [-0.39, 0.29) is 11.8 Å². The van der Waals surface area contributed by atoms with Crippen LogP contribution in [0.3, 0.4) is 0 Å². The Morgan fingerprint density at radius 3 is 2.56 bits per heavy atom. The standard InChI is InChI=1S/C18H25N5O2/c1-12(2)17-16(13(3)21-25-17)18(24)20-14-5-6-15(19-11-14)23-9-7-22(4)8-10-23/h5-6,11-12H,7-10H2,1-4H3,(H,20,24). The first-order chi connectivity index (χ1) is 12.0. The number of likely N-dealkylation sites (N-methyl/N-ethyl adjacent to an activating group) is 1. The topological polar surface area (TPSA) is 74.5 Å². The molecule has 0 aromatic carbocycles. The van der Waals surface area contributed by atoms with Crippen molar-refractivity contribution in [2.75, 3.05) is 43.4 Å². The predicted molar refractivity (Wildman–Crippen MR) is 97.2 cm³/mol. The number of hydrogen-bond acceptors (Lipinski definition) is 6. The fourth-order valence-electron chi connectivity index (χ4n) is 2.93. The highest BCUT2D eigenvalue weighted by atomic mass is 16.5. The van der Waals surface area contributed by atoms with Gasteiger partial charge in [-0.25, -0.2) is 4.98 Å². The van der Waals surface area contributed by atoms with E-state index in [4.69, 9.17) is 4.52 Å². The number of nitrogens with zero attached hydrogens (tertiary/aromatic N) is 4. The van der Waals surface area contributed by atoms with E-state index in [0.717, 1.165) is 32.0 Å². The van der Waals surface area contributed by atoms with Crippen LogP contribution in [0.2, 0.25) is 0 Å². The molecule has 0 spiro atoms. The first kappa shape index (κ1) is 17.4. The van der Waals surface area contributed by atoms with E-state index in [1.807, 2.05) is 26.0 Å². The molecule has 1 amide bonds. The van der Waals surface area contributed by atoms with Crippen LogP contribution < -0.4 is 10.2 Å². The highest BCUT2D eigenvalue weighted by molar-refractivity contribution is 6.05. The van der Waals surface area contributed by atoms with Crippen molar-refractivity contribution in [1.29, 1.82) is 0 Å². The Morgan fingerprint density at radius 2 is 1.96 bits per heavy atom. The molecule has 0 bridgehead atoms. The van der Waals surface area contributed by atoms with Gasteiger partial charge >= 0.3 is 0 Å². The minimum Gasteiger partial charge on any atom is -0.360 e. The van der Waals surface area contributed by atoms with Crippen LogP contribution >= 0.6 is 0 Å². The van der Waals surface area contributed by atoms with Gasteiger partial charge in [-0.05, 0) is 26.1 Å². The smallest absolute Gasteiger partial charge is 0.261 e. The molecule has 0 atom stereocenters. The summed E-state index contributed by atoms with van der Waals surface area (Å²) >= 11 is 0. The maximum atomic E-state index is 12.6. The first-order valence-electron chi connectivity index (χ1n) is 8.62. The molecule has 1 aliphatic heterocycles. The minimum atomic E-state index is -0.211. The summed E-state index contributed by atoms with van der Waals surface area (Å²) in [5, 5.41) is 6.81. The number of piperazine rings is 1.